The Kier molecular flexibility index (Phi) is 4.98. The summed E-state index contributed by atoms with van der Waals surface area (Å²) in [5.74, 6) is -1.67. The van der Waals surface area contributed by atoms with Gasteiger partial charge in [-0.2, -0.15) is 0 Å². The van der Waals surface area contributed by atoms with Gasteiger partial charge in [0.15, 0.2) is 0 Å². The molecule has 2 aromatic carbocycles. The molecule has 0 aliphatic heterocycles. The summed E-state index contributed by atoms with van der Waals surface area (Å²) >= 11 is 0. The number of rotatable bonds is 5. The number of carbonyl (C=O) groups excluding carboxylic acids is 2. The first-order chi connectivity index (χ1) is 11.0. The van der Waals surface area contributed by atoms with Crippen molar-refractivity contribution >= 4 is 23.2 Å². The summed E-state index contributed by atoms with van der Waals surface area (Å²) in [6.45, 7) is -0.349. The Morgan fingerprint density at radius 1 is 1.13 bits per heavy atom. The first kappa shape index (κ1) is 16.1. The molecule has 118 valence electrons. The normalized spacial score (nSPS) is 9.96. The number of hydrogen-bond acceptors (Lipinski definition) is 4. The fraction of sp³-hybridized carbons (Fsp3) is 0.0667. The fourth-order valence-electron chi connectivity index (χ4n) is 1.79. The van der Waals surface area contributed by atoms with Crippen molar-refractivity contribution < 1.29 is 18.9 Å². The van der Waals surface area contributed by atoms with E-state index in [0.717, 1.165) is 12.1 Å². The zero-order chi connectivity index (χ0) is 16.8. The quantitative estimate of drug-likeness (QED) is 0.651. The number of hydrogen-bond donors (Lipinski definition) is 2. The van der Waals surface area contributed by atoms with Gasteiger partial charge in [0.05, 0.1) is 11.5 Å². The van der Waals surface area contributed by atoms with Crippen molar-refractivity contribution in [1.82, 2.24) is 5.32 Å². The Balaban J connectivity index is 1.92. The molecule has 0 aliphatic rings. The summed E-state index contributed by atoms with van der Waals surface area (Å²) in [4.78, 5) is 33.6. The van der Waals surface area contributed by atoms with Crippen molar-refractivity contribution in [1.29, 1.82) is 0 Å². The number of nitro groups is 1. The highest BCUT2D eigenvalue weighted by molar-refractivity contribution is 5.99. The third kappa shape index (κ3) is 4.60. The number of nitrogens with one attached hydrogen (secondary N) is 2. The highest BCUT2D eigenvalue weighted by Gasteiger charge is 2.12. The van der Waals surface area contributed by atoms with Crippen molar-refractivity contribution in [3.8, 4) is 0 Å². The van der Waals surface area contributed by atoms with Crippen LogP contribution in [-0.2, 0) is 4.79 Å². The van der Waals surface area contributed by atoms with Crippen LogP contribution < -0.4 is 10.6 Å². The Bertz CT molecular complexity index is 764. The number of anilines is 1. The summed E-state index contributed by atoms with van der Waals surface area (Å²) in [6, 6.07) is 10.5. The van der Waals surface area contributed by atoms with Crippen LogP contribution in [0.2, 0.25) is 0 Å². The molecule has 2 rings (SSSR count). The second-order valence-electron chi connectivity index (χ2n) is 4.55. The number of nitro benzene ring substituents is 1. The summed E-state index contributed by atoms with van der Waals surface area (Å²) in [7, 11) is 0. The number of benzene rings is 2. The molecule has 2 amide bonds. The van der Waals surface area contributed by atoms with E-state index in [1.165, 1.54) is 36.4 Å². The van der Waals surface area contributed by atoms with Gasteiger partial charge in [-0.05, 0) is 24.3 Å². The van der Waals surface area contributed by atoms with Crippen molar-refractivity contribution in [2.75, 3.05) is 11.9 Å². The van der Waals surface area contributed by atoms with Gasteiger partial charge in [0.25, 0.3) is 11.6 Å². The van der Waals surface area contributed by atoms with E-state index in [4.69, 9.17) is 0 Å². The van der Waals surface area contributed by atoms with Crippen LogP contribution >= 0.6 is 0 Å². The third-order valence-electron chi connectivity index (χ3n) is 2.84. The maximum absolute atomic E-state index is 13.0. The molecule has 0 bridgehead atoms. The predicted octanol–water partition coefficient (Wildman–Crippen LogP) is 2.10. The first-order valence-corrected chi connectivity index (χ1v) is 6.54. The topological polar surface area (TPSA) is 101 Å². The van der Waals surface area contributed by atoms with E-state index in [-0.39, 0.29) is 23.5 Å². The van der Waals surface area contributed by atoms with Crippen LogP contribution in [0.5, 0.6) is 0 Å². The maximum Gasteiger partial charge on any atom is 0.270 e. The van der Waals surface area contributed by atoms with Gasteiger partial charge < -0.3 is 10.6 Å². The molecule has 0 aliphatic carbocycles. The molecule has 2 N–H and O–H groups in total. The van der Waals surface area contributed by atoms with Crippen molar-refractivity contribution in [3.05, 3.63) is 70.0 Å². The Morgan fingerprint density at radius 2 is 1.87 bits per heavy atom. The van der Waals surface area contributed by atoms with E-state index >= 15 is 0 Å². The van der Waals surface area contributed by atoms with Crippen molar-refractivity contribution in [2.45, 2.75) is 0 Å². The molecule has 0 fully saturated rings. The summed E-state index contributed by atoms with van der Waals surface area (Å²) in [5.41, 5.74) is 0.110. The van der Waals surface area contributed by atoms with Crippen LogP contribution in [-0.4, -0.2) is 23.3 Å². The number of nitrogens with zero attached hydrogens (tertiary/aromatic N) is 1. The molecule has 7 nitrogen and oxygen atoms in total. The minimum absolute atomic E-state index is 0.0674. The molecular weight excluding hydrogens is 305 g/mol. The fourth-order valence-corrected chi connectivity index (χ4v) is 1.79. The lowest BCUT2D eigenvalue weighted by molar-refractivity contribution is -0.384. The average Bonchev–Trinajstić information content (AvgIpc) is 2.52. The second-order valence-corrected chi connectivity index (χ2v) is 4.55. The number of carbonyl (C=O) groups is 2. The second kappa shape index (κ2) is 7.12. The maximum atomic E-state index is 13.0. The Labute approximate surface area is 130 Å². The minimum atomic E-state index is -0.622. The van der Waals surface area contributed by atoms with Gasteiger partial charge in [-0.3, -0.25) is 19.7 Å². The van der Waals surface area contributed by atoms with Gasteiger partial charge in [0.2, 0.25) is 5.91 Å². The largest absolute Gasteiger partial charge is 0.343 e. The van der Waals surface area contributed by atoms with Gasteiger partial charge in [0, 0.05) is 23.4 Å². The molecule has 0 unspecified atom stereocenters. The lowest BCUT2D eigenvalue weighted by Gasteiger charge is -2.07. The van der Waals surface area contributed by atoms with Gasteiger partial charge in [-0.1, -0.05) is 12.1 Å². The van der Waals surface area contributed by atoms with Gasteiger partial charge in [-0.25, -0.2) is 4.39 Å². The highest BCUT2D eigenvalue weighted by Crippen LogP contribution is 2.13. The molecule has 8 heteroatoms. The summed E-state index contributed by atoms with van der Waals surface area (Å²) in [6.07, 6.45) is 0. The molecular formula is C15H12FN3O4. The number of non-ortho nitro benzene ring substituents is 1. The highest BCUT2D eigenvalue weighted by atomic mass is 19.1. The molecule has 2 aromatic rings. The van der Waals surface area contributed by atoms with E-state index in [2.05, 4.69) is 10.6 Å². The third-order valence-corrected chi connectivity index (χ3v) is 2.84. The lowest BCUT2D eigenvalue weighted by atomic mass is 10.2. The van der Waals surface area contributed by atoms with Crippen LogP contribution in [0.4, 0.5) is 15.8 Å². The van der Waals surface area contributed by atoms with Crippen molar-refractivity contribution in [2.24, 2.45) is 0 Å². The SMILES string of the molecule is O=C(CNC(=O)c1cccc([N+](=O)[O-])c1)Nc1cccc(F)c1. The van der Waals surface area contributed by atoms with E-state index < -0.39 is 22.6 Å². The van der Waals surface area contributed by atoms with Gasteiger partial charge in [-0.15, -0.1) is 0 Å². The smallest absolute Gasteiger partial charge is 0.270 e. The molecule has 23 heavy (non-hydrogen) atoms. The number of halogens is 1. The predicted molar refractivity (Wildman–Crippen MR) is 80.5 cm³/mol. The molecule has 0 aromatic heterocycles. The first-order valence-electron chi connectivity index (χ1n) is 6.54. The zero-order valence-electron chi connectivity index (χ0n) is 11.8. The van der Waals surface area contributed by atoms with Crippen LogP contribution in [0.15, 0.2) is 48.5 Å². The van der Waals surface area contributed by atoms with Gasteiger partial charge in [0.1, 0.15) is 5.82 Å². The van der Waals surface area contributed by atoms with Gasteiger partial charge >= 0.3 is 0 Å². The van der Waals surface area contributed by atoms with Crippen LogP contribution in [0.3, 0.4) is 0 Å². The Morgan fingerprint density at radius 3 is 2.57 bits per heavy atom. The Hall–Kier alpha value is -3.29. The average molecular weight is 317 g/mol. The molecule has 0 radical (unpaired) electrons. The van der Waals surface area contributed by atoms with E-state index in [0.29, 0.717) is 0 Å². The van der Waals surface area contributed by atoms with E-state index in [1.54, 1.807) is 0 Å². The van der Waals surface area contributed by atoms with E-state index in [9.17, 15) is 24.1 Å². The van der Waals surface area contributed by atoms with Crippen LogP contribution in [0.1, 0.15) is 10.4 Å². The van der Waals surface area contributed by atoms with E-state index in [1.807, 2.05) is 0 Å². The molecule has 0 saturated carbocycles. The summed E-state index contributed by atoms with van der Waals surface area (Å²) < 4.78 is 13.0. The zero-order valence-corrected chi connectivity index (χ0v) is 11.8. The molecule has 0 heterocycles. The molecule has 0 saturated heterocycles. The van der Waals surface area contributed by atoms with Crippen LogP contribution in [0, 0.1) is 15.9 Å². The molecule has 0 atom stereocenters. The van der Waals surface area contributed by atoms with Crippen molar-refractivity contribution in [3.63, 3.8) is 0 Å². The van der Waals surface area contributed by atoms with Crippen LogP contribution in [0.25, 0.3) is 0 Å². The monoisotopic (exact) mass is 317 g/mol. The lowest BCUT2D eigenvalue weighted by Crippen LogP contribution is -2.32. The number of amides is 2. The molecule has 0 spiro atoms. The minimum Gasteiger partial charge on any atom is -0.343 e. The summed E-state index contributed by atoms with van der Waals surface area (Å²) in [5, 5.41) is 15.4. The standard InChI is InChI=1S/C15H12FN3O4/c16-11-4-2-5-12(8-11)18-14(20)9-17-15(21)10-3-1-6-13(7-10)19(22)23/h1-8H,9H2,(H,17,21)(H,18,20).